The van der Waals surface area contributed by atoms with Crippen molar-refractivity contribution in [1.29, 1.82) is 0 Å². The van der Waals surface area contributed by atoms with Crippen LogP contribution in [0.1, 0.15) is 39.9 Å². The van der Waals surface area contributed by atoms with Crippen LogP contribution in [0.4, 0.5) is 17.6 Å². The van der Waals surface area contributed by atoms with E-state index < -0.39 is 70.7 Å². The highest BCUT2D eigenvalue weighted by atomic mass is 35.5. The molecule has 5 N–H and O–H groups in total. The van der Waals surface area contributed by atoms with Gasteiger partial charge in [0.2, 0.25) is 0 Å². The Labute approximate surface area is 245 Å². The van der Waals surface area contributed by atoms with Crippen molar-refractivity contribution >= 4 is 34.3 Å². The summed E-state index contributed by atoms with van der Waals surface area (Å²) in [4.78, 5) is 29.6. The highest BCUT2D eigenvalue weighted by Gasteiger charge is 2.35. The molecule has 0 unspecified atom stereocenters. The summed E-state index contributed by atoms with van der Waals surface area (Å²) in [7, 11) is 1.25. The van der Waals surface area contributed by atoms with E-state index in [9.17, 15) is 37.4 Å². The summed E-state index contributed by atoms with van der Waals surface area (Å²) < 4.78 is 66.1. The van der Waals surface area contributed by atoms with Gasteiger partial charge >= 0.3 is 6.55 Å². The molecule has 0 saturated carbocycles. The van der Waals surface area contributed by atoms with Crippen LogP contribution in [0.25, 0.3) is 22.2 Å². The van der Waals surface area contributed by atoms with Gasteiger partial charge in [0, 0.05) is 28.8 Å². The first kappa shape index (κ1) is 31.5. The second-order valence-corrected chi connectivity index (χ2v) is 9.56. The van der Waals surface area contributed by atoms with Gasteiger partial charge in [0.25, 0.3) is 11.8 Å². The van der Waals surface area contributed by atoms with E-state index in [1.165, 1.54) is 19.2 Å². The average Bonchev–Trinajstić information content (AvgIpc) is 3.42. The largest absolute Gasteiger partial charge is 0.494 e. The number of nitrogens with zero attached hydrogens (tertiary/aromatic N) is 3. The molecule has 16 heteroatoms. The topological polar surface area (TPSA) is 162 Å². The number of alkyl halides is 2. The summed E-state index contributed by atoms with van der Waals surface area (Å²) in [6, 6.07) is 4.87. The van der Waals surface area contributed by atoms with Crippen LogP contribution in [0.3, 0.4) is 0 Å². The molecule has 1 atom stereocenters. The maximum Gasteiger partial charge on any atom is 0.333 e. The summed E-state index contributed by atoms with van der Waals surface area (Å²) >= 11 is 5.85. The van der Waals surface area contributed by atoms with Crippen molar-refractivity contribution in [2.75, 3.05) is 26.9 Å². The molecule has 4 aromatic rings. The van der Waals surface area contributed by atoms with E-state index in [-0.39, 0.29) is 40.1 Å². The Hall–Kier alpha value is -4.47. The molecule has 2 aromatic carbocycles. The zero-order valence-electron chi connectivity index (χ0n) is 22.5. The number of carbonyl (C=O) groups is 2. The van der Waals surface area contributed by atoms with E-state index in [0.29, 0.717) is 10.7 Å². The number of ether oxygens (including phenoxy) is 2. The van der Waals surface area contributed by atoms with E-state index in [0.717, 1.165) is 18.3 Å². The minimum atomic E-state index is -2.94. The van der Waals surface area contributed by atoms with E-state index in [1.54, 1.807) is 6.92 Å². The minimum absolute atomic E-state index is 0.0170. The second-order valence-electron chi connectivity index (χ2n) is 9.15. The summed E-state index contributed by atoms with van der Waals surface area (Å²) in [5, 5.41) is 27.3. The van der Waals surface area contributed by atoms with Gasteiger partial charge in [0.05, 0.1) is 43.1 Å². The Balaban J connectivity index is 1.75. The first-order valence-electron chi connectivity index (χ1n) is 12.4. The van der Waals surface area contributed by atoms with Crippen molar-refractivity contribution in [3.8, 4) is 22.8 Å². The van der Waals surface area contributed by atoms with Crippen molar-refractivity contribution < 1.29 is 46.8 Å². The Morgan fingerprint density at radius 3 is 2.51 bits per heavy atom. The zero-order valence-corrected chi connectivity index (χ0v) is 23.3. The van der Waals surface area contributed by atoms with E-state index >= 15 is 0 Å². The normalized spacial score (nSPS) is 12.8. The molecule has 0 aliphatic carbocycles. The second kappa shape index (κ2) is 12.4. The summed E-state index contributed by atoms with van der Waals surface area (Å²) in [5.74, 6) is -4.38. The van der Waals surface area contributed by atoms with Crippen LogP contribution in [-0.4, -0.2) is 63.7 Å². The van der Waals surface area contributed by atoms with Gasteiger partial charge < -0.3 is 30.7 Å². The summed E-state index contributed by atoms with van der Waals surface area (Å²) in [5.41, 5.74) is 1.53. The van der Waals surface area contributed by atoms with E-state index in [2.05, 4.69) is 15.4 Å². The molecule has 0 saturated heterocycles. The van der Waals surface area contributed by atoms with Crippen LogP contribution in [0.2, 0.25) is 5.02 Å². The Bertz CT molecular complexity index is 1720. The maximum absolute atomic E-state index is 14.9. The number of rotatable bonds is 11. The zero-order chi connectivity index (χ0) is 31.6. The number of amides is 2. The SMILES string of the molecule is CCOc1c(C(N)=O)cc([C@](O)(CO)CNC(=O)c2cc(OC)c3nn(C(F)F)cc3c2)nc1-c1cc(Cl)c(F)cc1F. The Morgan fingerprint density at radius 1 is 1.19 bits per heavy atom. The number of primary amides is 1. The van der Waals surface area contributed by atoms with Gasteiger partial charge in [0.1, 0.15) is 34.2 Å². The first-order chi connectivity index (χ1) is 20.3. The number of methoxy groups -OCH3 is 1. The fourth-order valence-electron chi connectivity index (χ4n) is 4.20. The third kappa shape index (κ3) is 6.18. The highest BCUT2D eigenvalue weighted by Crippen LogP contribution is 2.38. The molecule has 0 radical (unpaired) electrons. The standard InChI is InChI=1S/C27H24ClF4N5O6/c1-3-43-23-15(24(33)39)7-20(35-22(23)14-6-16(28)18(30)8-17(14)29)27(41,11-38)10-34-25(40)12-4-13-9-37(26(31)32)36-21(13)19(5-12)42-2/h4-9,26,38,41H,3,10-11H2,1-2H3,(H2,33,39)(H,34,40)/t27-/m1/s1. The lowest BCUT2D eigenvalue weighted by Crippen LogP contribution is -2.44. The number of halogens is 5. The first-order valence-corrected chi connectivity index (χ1v) is 12.8. The molecule has 2 aromatic heterocycles. The number of hydrogen-bond acceptors (Lipinski definition) is 8. The van der Waals surface area contributed by atoms with Crippen LogP contribution in [-0.2, 0) is 5.60 Å². The van der Waals surface area contributed by atoms with Gasteiger partial charge in [-0.3, -0.25) is 9.59 Å². The van der Waals surface area contributed by atoms with Gasteiger partial charge in [-0.25, -0.2) is 18.4 Å². The molecule has 0 spiro atoms. The molecule has 2 heterocycles. The third-order valence-corrected chi connectivity index (χ3v) is 6.63. The molecule has 11 nitrogen and oxygen atoms in total. The van der Waals surface area contributed by atoms with Crippen molar-refractivity contribution in [3.05, 3.63) is 70.0 Å². The predicted molar refractivity (Wildman–Crippen MR) is 145 cm³/mol. The van der Waals surface area contributed by atoms with Gasteiger partial charge in [0.15, 0.2) is 5.75 Å². The molecule has 228 valence electrons. The number of nitrogens with two attached hydrogens (primary N) is 1. The Kier molecular flexibility index (Phi) is 9.08. The van der Waals surface area contributed by atoms with Crippen molar-refractivity contribution in [2.24, 2.45) is 5.73 Å². The van der Waals surface area contributed by atoms with Crippen molar-refractivity contribution in [1.82, 2.24) is 20.1 Å². The van der Waals surface area contributed by atoms with Crippen LogP contribution in [0.5, 0.6) is 11.5 Å². The number of hydrogen-bond donors (Lipinski definition) is 4. The van der Waals surface area contributed by atoms with Gasteiger partial charge in [-0.1, -0.05) is 11.6 Å². The molecule has 2 amide bonds. The van der Waals surface area contributed by atoms with E-state index in [4.69, 9.17) is 26.8 Å². The van der Waals surface area contributed by atoms with Crippen LogP contribution in [0, 0.1) is 11.6 Å². The minimum Gasteiger partial charge on any atom is -0.494 e. The quantitative estimate of drug-likeness (QED) is 0.145. The number of carbonyl (C=O) groups excluding carboxylic acids is 2. The molecule has 43 heavy (non-hydrogen) atoms. The number of aromatic nitrogens is 3. The maximum atomic E-state index is 14.9. The van der Waals surface area contributed by atoms with Crippen molar-refractivity contribution in [2.45, 2.75) is 19.1 Å². The van der Waals surface area contributed by atoms with Gasteiger partial charge in [-0.15, -0.1) is 0 Å². The smallest absolute Gasteiger partial charge is 0.333 e. The molecule has 0 bridgehead atoms. The van der Waals surface area contributed by atoms with Gasteiger partial charge in [-0.2, -0.15) is 13.9 Å². The number of aliphatic hydroxyl groups excluding tert-OH is 1. The van der Waals surface area contributed by atoms with E-state index in [1.807, 2.05) is 0 Å². The molecule has 0 aliphatic rings. The molecule has 0 aliphatic heterocycles. The lowest BCUT2D eigenvalue weighted by Gasteiger charge is -2.27. The predicted octanol–water partition coefficient (Wildman–Crippen LogP) is 3.54. The molecule has 4 rings (SSSR count). The molecule has 0 fully saturated rings. The highest BCUT2D eigenvalue weighted by molar-refractivity contribution is 6.31. The van der Waals surface area contributed by atoms with Gasteiger partial charge in [-0.05, 0) is 31.2 Å². The van der Waals surface area contributed by atoms with Crippen LogP contribution >= 0.6 is 11.6 Å². The number of pyridine rings is 1. The fraction of sp³-hybridized carbons (Fsp3) is 0.259. The molecular weight excluding hydrogens is 602 g/mol. The van der Waals surface area contributed by atoms with Crippen LogP contribution < -0.4 is 20.5 Å². The summed E-state index contributed by atoms with van der Waals surface area (Å²) in [6.45, 7) is -3.20. The van der Waals surface area contributed by atoms with Crippen LogP contribution in [0.15, 0.2) is 36.5 Å². The number of benzene rings is 2. The summed E-state index contributed by atoms with van der Waals surface area (Å²) in [6.07, 6.45) is 1.01. The number of nitrogens with one attached hydrogen (secondary N) is 1. The molecular formula is C27H24ClF4N5O6. The number of aliphatic hydroxyl groups is 2. The monoisotopic (exact) mass is 625 g/mol. The number of fused-ring (bicyclic) bond motifs is 1. The fourth-order valence-corrected chi connectivity index (χ4v) is 4.36. The third-order valence-electron chi connectivity index (χ3n) is 6.35. The Morgan fingerprint density at radius 2 is 1.91 bits per heavy atom. The lowest BCUT2D eigenvalue weighted by atomic mass is 9.95. The lowest BCUT2D eigenvalue weighted by molar-refractivity contribution is -0.0204. The average molecular weight is 626 g/mol. The van der Waals surface area contributed by atoms with Crippen molar-refractivity contribution in [3.63, 3.8) is 0 Å².